The number of methoxy groups -OCH3 is 2. The third-order valence-electron chi connectivity index (χ3n) is 3.41. The fourth-order valence-corrected chi connectivity index (χ4v) is 2.28. The van der Waals surface area contributed by atoms with Gasteiger partial charge in [0, 0.05) is 12.5 Å². The molecule has 0 saturated heterocycles. The van der Waals surface area contributed by atoms with Crippen molar-refractivity contribution in [1.29, 1.82) is 0 Å². The van der Waals surface area contributed by atoms with Crippen LogP contribution >= 0.6 is 0 Å². The smallest absolute Gasteiger partial charge is 0.305 e. The second-order valence-electron chi connectivity index (χ2n) is 4.90. The number of hydrogen-bond acceptors (Lipinski definition) is 5. The summed E-state index contributed by atoms with van der Waals surface area (Å²) in [7, 11) is 2.94. The summed E-state index contributed by atoms with van der Waals surface area (Å²) >= 11 is 0. The third kappa shape index (κ3) is 3.95. The minimum Gasteiger partial charge on any atom is -0.497 e. The highest BCUT2D eigenvalue weighted by molar-refractivity contribution is 5.69. The number of carbonyl (C=O) groups is 1. The standard InChI is InChI=1S/C15H23NO4/c1-9-7-11(19-3)8-10(2)14(9)15(18)12(16)5-6-13(17)20-4/h7-8,12,15,18H,5-6,16H2,1-4H3. The molecule has 1 aromatic carbocycles. The molecule has 2 atom stereocenters. The van der Waals surface area contributed by atoms with Crippen molar-refractivity contribution in [3.8, 4) is 5.75 Å². The van der Waals surface area contributed by atoms with E-state index in [4.69, 9.17) is 10.5 Å². The molecule has 5 nitrogen and oxygen atoms in total. The van der Waals surface area contributed by atoms with E-state index >= 15 is 0 Å². The van der Waals surface area contributed by atoms with Gasteiger partial charge in [0.1, 0.15) is 5.75 Å². The number of aryl methyl sites for hydroxylation is 2. The van der Waals surface area contributed by atoms with Gasteiger partial charge in [-0.15, -0.1) is 0 Å². The van der Waals surface area contributed by atoms with Crippen LogP contribution < -0.4 is 10.5 Å². The third-order valence-corrected chi connectivity index (χ3v) is 3.41. The number of aliphatic hydroxyl groups is 1. The molecule has 0 bridgehead atoms. The van der Waals surface area contributed by atoms with Gasteiger partial charge < -0.3 is 20.3 Å². The average Bonchev–Trinajstić information content (AvgIpc) is 2.42. The van der Waals surface area contributed by atoms with Crippen LogP contribution in [0.5, 0.6) is 5.75 Å². The molecule has 0 aromatic heterocycles. The van der Waals surface area contributed by atoms with Gasteiger partial charge in [-0.05, 0) is 49.1 Å². The molecule has 0 radical (unpaired) electrons. The van der Waals surface area contributed by atoms with Gasteiger partial charge in [-0.1, -0.05) is 0 Å². The van der Waals surface area contributed by atoms with Crippen molar-refractivity contribution in [3.63, 3.8) is 0 Å². The van der Waals surface area contributed by atoms with Gasteiger partial charge in [0.15, 0.2) is 0 Å². The predicted octanol–water partition coefficient (Wildman–Crippen LogP) is 1.63. The minimum atomic E-state index is -0.814. The molecule has 0 fully saturated rings. The Hall–Kier alpha value is -1.59. The molecule has 0 aliphatic rings. The quantitative estimate of drug-likeness (QED) is 0.774. The molecular weight excluding hydrogens is 258 g/mol. The number of esters is 1. The van der Waals surface area contributed by atoms with Crippen molar-refractivity contribution in [2.75, 3.05) is 14.2 Å². The number of benzene rings is 1. The predicted molar refractivity (Wildman–Crippen MR) is 76.7 cm³/mol. The lowest BCUT2D eigenvalue weighted by Crippen LogP contribution is -2.30. The summed E-state index contributed by atoms with van der Waals surface area (Å²) in [5, 5.41) is 10.4. The fourth-order valence-electron chi connectivity index (χ4n) is 2.28. The Bertz CT molecular complexity index is 450. The van der Waals surface area contributed by atoms with Gasteiger partial charge in [0.25, 0.3) is 0 Å². The van der Waals surface area contributed by atoms with Crippen molar-refractivity contribution in [1.82, 2.24) is 0 Å². The van der Waals surface area contributed by atoms with Crippen molar-refractivity contribution < 1.29 is 19.4 Å². The molecule has 0 heterocycles. The topological polar surface area (TPSA) is 81.8 Å². The molecule has 20 heavy (non-hydrogen) atoms. The SMILES string of the molecule is COC(=O)CCC(N)C(O)c1c(C)cc(OC)cc1C. The molecule has 3 N–H and O–H groups in total. The Kier molecular flexibility index (Phi) is 5.98. The Morgan fingerprint density at radius 1 is 1.30 bits per heavy atom. The molecule has 0 aliphatic carbocycles. The van der Waals surface area contributed by atoms with E-state index in [9.17, 15) is 9.90 Å². The molecule has 1 aromatic rings. The van der Waals surface area contributed by atoms with Crippen LogP contribution in [0.3, 0.4) is 0 Å². The van der Waals surface area contributed by atoms with Crippen LogP contribution in [0, 0.1) is 13.8 Å². The van der Waals surface area contributed by atoms with Gasteiger partial charge >= 0.3 is 5.97 Å². The minimum absolute atomic E-state index is 0.197. The Morgan fingerprint density at radius 3 is 2.30 bits per heavy atom. The Labute approximate surface area is 119 Å². The Balaban J connectivity index is 2.86. The van der Waals surface area contributed by atoms with E-state index in [1.807, 2.05) is 26.0 Å². The van der Waals surface area contributed by atoms with Crippen LogP contribution in [0.15, 0.2) is 12.1 Å². The van der Waals surface area contributed by atoms with E-state index in [-0.39, 0.29) is 12.4 Å². The van der Waals surface area contributed by atoms with Crippen LogP contribution in [0.1, 0.15) is 35.6 Å². The lowest BCUT2D eigenvalue weighted by Gasteiger charge is -2.23. The van der Waals surface area contributed by atoms with Crippen molar-refractivity contribution in [2.24, 2.45) is 5.73 Å². The summed E-state index contributed by atoms with van der Waals surface area (Å²) in [4.78, 5) is 11.1. The summed E-state index contributed by atoms with van der Waals surface area (Å²) in [5.41, 5.74) is 8.60. The van der Waals surface area contributed by atoms with Gasteiger partial charge in [-0.2, -0.15) is 0 Å². The second kappa shape index (κ2) is 7.26. The van der Waals surface area contributed by atoms with E-state index < -0.39 is 12.1 Å². The number of rotatable bonds is 6. The monoisotopic (exact) mass is 281 g/mol. The molecule has 0 aliphatic heterocycles. The molecule has 0 amide bonds. The highest BCUT2D eigenvalue weighted by atomic mass is 16.5. The maximum atomic E-state index is 11.1. The number of ether oxygens (including phenoxy) is 2. The molecule has 0 saturated carbocycles. The van der Waals surface area contributed by atoms with Crippen LogP contribution in [0.4, 0.5) is 0 Å². The largest absolute Gasteiger partial charge is 0.497 e. The van der Waals surface area contributed by atoms with Gasteiger partial charge in [0.2, 0.25) is 0 Å². The van der Waals surface area contributed by atoms with Crippen LogP contribution in [0.25, 0.3) is 0 Å². The number of hydrogen-bond donors (Lipinski definition) is 2. The fraction of sp³-hybridized carbons (Fsp3) is 0.533. The Morgan fingerprint density at radius 2 is 1.85 bits per heavy atom. The normalized spacial score (nSPS) is 13.7. The summed E-state index contributed by atoms with van der Waals surface area (Å²) < 4.78 is 9.76. The molecule has 112 valence electrons. The highest BCUT2D eigenvalue weighted by Crippen LogP contribution is 2.29. The van der Waals surface area contributed by atoms with E-state index in [1.54, 1.807) is 7.11 Å². The average molecular weight is 281 g/mol. The number of nitrogens with two attached hydrogens (primary N) is 1. The lowest BCUT2D eigenvalue weighted by molar-refractivity contribution is -0.140. The van der Waals surface area contributed by atoms with Crippen LogP contribution in [-0.2, 0) is 9.53 Å². The molecule has 2 unspecified atom stereocenters. The van der Waals surface area contributed by atoms with Crippen LogP contribution in [0.2, 0.25) is 0 Å². The molecule has 1 rings (SSSR count). The van der Waals surface area contributed by atoms with Gasteiger partial charge in [-0.25, -0.2) is 0 Å². The van der Waals surface area contributed by atoms with Crippen molar-refractivity contribution >= 4 is 5.97 Å². The molecule has 5 heteroatoms. The summed E-state index contributed by atoms with van der Waals surface area (Å²) in [6, 6.07) is 3.21. The zero-order valence-electron chi connectivity index (χ0n) is 12.5. The second-order valence-corrected chi connectivity index (χ2v) is 4.90. The molecular formula is C15H23NO4. The highest BCUT2D eigenvalue weighted by Gasteiger charge is 2.22. The first-order valence-electron chi connectivity index (χ1n) is 6.56. The first kappa shape index (κ1) is 16.5. The van der Waals surface area contributed by atoms with E-state index in [2.05, 4.69) is 4.74 Å². The summed E-state index contributed by atoms with van der Waals surface area (Å²) in [6.45, 7) is 3.81. The summed E-state index contributed by atoms with van der Waals surface area (Å²) in [5.74, 6) is 0.426. The van der Waals surface area contributed by atoms with E-state index in [0.29, 0.717) is 6.42 Å². The van der Waals surface area contributed by atoms with Gasteiger partial charge in [-0.3, -0.25) is 4.79 Å². The molecule has 0 spiro atoms. The number of aliphatic hydroxyl groups excluding tert-OH is 1. The van der Waals surface area contributed by atoms with Crippen molar-refractivity contribution in [2.45, 2.75) is 38.8 Å². The zero-order chi connectivity index (χ0) is 15.3. The maximum absolute atomic E-state index is 11.1. The first-order chi connectivity index (χ1) is 9.40. The van der Waals surface area contributed by atoms with Crippen molar-refractivity contribution in [3.05, 3.63) is 28.8 Å². The van der Waals surface area contributed by atoms with Gasteiger partial charge in [0.05, 0.1) is 20.3 Å². The van der Waals surface area contributed by atoms with Crippen LogP contribution in [-0.4, -0.2) is 31.3 Å². The number of carbonyl (C=O) groups excluding carboxylic acids is 1. The lowest BCUT2D eigenvalue weighted by atomic mass is 9.92. The zero-order valence-corrected chi connectivity index (χ0v) is 12.5. The maximum Gasteiger partial charge on any atom is 0.305 e. The first-order valence-corrected chi connectivity index (χ1v) is 6.56. The van der Waals surface area contributed by atoms with E-state index in [1.165, 1.54) is 7.11 Å². The summed E-state index contributed by atoms with van der Waals surface area (Å²) in [6.07, 6.45) is -0.243. The van der Waals surface area contributed by atoms with E-state index in [0.717, 1.165) is 22.4 Å².